The summed E-state index contributed by atoms with van der Waals surface area (Å²) >= 11 is 0. The third-order valence-corrected chi connectivity index (χ3v) is 4.71. The molecule has 0 fully saturated rings. The lowest BCUT2D eigenvalue weighted by Crippen LogP contribution is -2.40. The van der Waals surface area contributed by atoms with E-state index in [2.05, 4.69) is 17.4 Å². The number of anilines is 1. The van der Waals surface area contributed by atoms with Gasteiger partial charge < -0.3 is 15.0 Å². The van der Waals surface area contributed by atoms with Crippen molar-refractivity contribution in [2.24, 2.45) is 0 Å². The highest BCUT2D eigenvalue weighted by atomic mass is 16.5. The highest BCUT2D eigenvalue weighted by molar-refractivity contribution is 5.97. The molecule has 5 heteroatoms. The Morgan fingerprint density at radius 2 is 1.89 bits per heavy atom. The molecule has 2 aromatic rings. The molecule has 0 radical (unpaired) electrons. The fourth-order valence-corrected chi connectivity index (χ4v) is 3.24. The van der Waals surface area contributed by atoms with E-state index in [0.717, 1.165) is 24.3 Å². The van der Waals surface area contributed by atoms with E-state index in [-0.39, 0.29) is 24.5 Å². The smallest absolute Gasteiger partial charge is 0.265 e. The summed E-state index contributed by atoms with van der Waals surface area (Å²) in [5.74, 6) is 0.686. The molecule has 0 saturated carbocycles. The van der Waals surface area contributed by atoms with Gasteiger partial charge in [-0.2, -0.15) is 0 Å². The second-order valence-corrected chi connectivity index (χ2v) is 6.90. The number of carbonyl (C=O) groups excluding carboxylic acids is 2. The Kier molecular flexibility index (Phi) is 6.47. The lowest BCUT2D eigenvalue weighted by Gasteiger charge is -2.29. The van der Waals surface area contributed by atoms with Crippen LogP contribution in [0.2, 0.25) is 0 Å². The molecule has 142 valence electrons. The summed E-state index contributed by atoms with van der Waals surface area (Å²) in [6.07, 6.45) is 2.88. The third-order valence-electron chi connectivity index (χ3n) is 4.71. The Morgan fingerprint density at radius 3 is 2.70 bits per heavy atom. The van der Waals surface area contributed by atoms with E-state index in [1.54, 1.807) is 4.90 Å². The van der Waals surface area contributed by atoms with Crippen LogP contribution in [-0.4, -0.2) is 31.0 Å². The maximum Gasteiger partial charge on any atom is 0.265 e. The van der Waals surface area contributed by atoms with Crippen LogP contribution in [0, 0.1) is 0 Å². The molecule has 0 aliphatic carbocycles. The molecule has 1 aliphatic rings. The van der Waals surface area contributed by atoms with Crippen LogP contribution in [0.15, 0.2) is 54.6 Å². The number of rotatable bonds is 8. The van der Waals surface area contributed by atoms with Crippen molar-refractivity contribution in [1.82, 2.24) is 5.32 Å². The average molecular weight is 366 g/mol. The first kappa shape index (κ1) is 19.0. The van der Waals surface area contributed by atoms with E-state index in [1.165, 1.54) is 5.56 Å². The fourth-order valence-electron chi connectivity index (χ4n) is 3.24. The normalized spacial score (nSPS) is 14.3. The molecule has 0 saturated heterocycles. The molecule has 1 N–H and O–H groups in total. The van der Waals surface area contributed by atoms with E-state index in [1.807, 2.05) is 49.4 Å². The van der Waals surface area contributed by atoms with Crippen molar-refractivity contribution in [3.8, 4) is 5.75 Å². The van der Waals surface area contributed by atoms with Crippen LogP contribution in [0.25, 0.3) is 0 Å². The van der Waals surface area contributed by atoms with E-state index < -0.39 is 0 Å². The van der Waals surface area contributed by atoms with Crippen molar-refractivity contribution in [3.05, 3.63) is 60.2 Å². The standard InChI is InChI=1S/C22H26N2O3/c1-17(13-14-18-8-3-2-4-9-18)23-21(25)12-7-15-24-19-10-5-6-11-20(19)27-16-22(24)26/h2-6,8-11,17H,7,12-16H2,1H3,(H,23,25). The van der Waals surface area contributed by atoms with Crippen molar-refractivity contribution >= 4 is 17.5 Å². The minimum absolute atomic E-state index is 0.0320. The molecule has 2 amide bonds. The van der Waals surface area contributed by atoms with Crippen LogP contribution >= 0.6 is 0 Å². The SMILES string of the molecule is CC(CCc1ccccc1)NC(=O)CCCN1C(=O)COc2ccccc21. The Morgan fingerprint density at radius 1 is 1.15 bits per heavy atom. The fraction of sp³-hybridized carbons (Fsp3) is 0.364. The minimum atomic E-state index is -0.0645. The average Bonchev–Trinajstić information content (AvgIpc) is 2.69. The first-order chi connectivity index (χ1) is 13.1. The van der Waals surface area contributed by atoms with Gasteiger partial charge in [-0.1, -0.05) is 42.5 Å². The summed E-state index contributed by atoms with van der Waals surface area (Å²) in [6.45, 7) is 2.60. The maximum atomic E-state index is 12.2. The highest BCUT2D eigenvalue weighted by Crippen LogP contribution is 2.31. The first-order valence-corrected chi connectivity index (χ1v) is 9.49. The van der Waals surface area contributed by atoms with Crippen molar-refractivity contribution in [1.29, 1.82) is 0 Å². The van der Waals surface area contributed by atoms with Crippen LogP contribution in [0.5, 0.6) is 5.75 Å². The number of fused-ring (bicyclic) bond motifs is 1. The molecule has 5 nitrogen and oxygen atoms in total. The molecule has 1 heterocycles. The highest BCUT2D eigenvalue weighted by Gasteiger charge is 2.24. The molecule has 0 bridgehead atoms. The zero-order valence-electron chi connectivity index (χ0n) is 15.7. The monoisotopic (exact) mass is 366 g/mol. The Hall–Kier alpha value is -2.82. The molecule has 0 spiro atoms. The number of carbonyl (C=O) groups is 2. The van der Waals surface area contributed by atoms with Crippen LogP contribution in [-0.2, 0) is 16.0 Å². The largest absolute Gasteiger partial charge is 0.482 e. The van der Waals surface area contributed by atoms with Gasteiger partial charge in [0.1, 0.15) is 5.75 Å². The number of hydrogen-bond donors (Lipinski definition) is 1. The molecule has 0 aromatic heterocycles. The second kappa shape index (κ2) is 9.21. The summed E-state index contributed by atoms with van der Waals surface area (Å²) in [6, 6.07) is 17.9. The van der Waals surface area contributed by atoms with Gasteiger partial charge in [0.2, 0.25) is 5.91 Å². The molecule has 3 rings (SSSR count). The zero-order chi connectivity index (χ0) is 19.1. The number of nitrogens with one attached hydrogen (secondary N) is 1. The van der Waals surface area contributed by atoms with Crippen LogP contribution < -0.4 is 15.0 Å². The van der Waals surface area contributed by atoms with E-state index in [4.69, 9.17) is 4.74 Å². The van der Waals surface area contributed by atoms with Gasteiger partial charge in [0, 0.05) is 19.0 Å². The van der Waals surface area contributed by atoms with Gasteiger partial charge in [0.05, 0.1) is 5.69 Å². The minimum Gasteiger partial charge on any atom is -0.482 e. The van der Waals surface area contributed by atoms with Crippen molar-refractivity contribution < 1.29 is 14.3 Å². The molecule has 1 unspecified atom stereocenters. The number of benzene rings is 2. The number of hydrogen-bond acceptors (Lipinski definition) is 3. The lowest BCUT2D eigenvalue weighted by molar-refractivity contribution is -0.123. The van der Waals surface area contributed by atoms with Gasteiger partial charge in [-0.25, -0.2) is 0 Å². The number of aryl methyl sites for hydroxylation is 1. The lowest BCUT2D eigenvalue weighted by atomic mass is 10.1. The Labute approximate surface area is 160 Å². The van der Waals surface area contributed by atoms with Gasteiger partial charge in [-0.05, 0) is 43.9 Å². The molecule has 2 aromatic carbocycles. The molecule has 27 heavy (non-hydrogen) atoms. The predicted molar refractivity (Wildman–Crippen MR) is 106 cm³/mol. The number of ether oxygens (including phenoxy) is 1. The van der Waals surface area contributed by atoms with Gasteiger partial charge in [0.25, 0.3) is 5.91 Å². The predicted octanol–water partition coefficient (Wildman–Crippen LogP) is 3.33. The quantitative estimate of drug-likeness (QED) is 0.780. The summed E-state index contributed by atoms with van der Waals surface area (Å²) in [7, 11) is 0. The molecular weight excluding hydrogens is 340 g/mol. The van der Waals surface area contributed by atoms with Gasteiger partial charge in [-0.15, -0.1) is 0 Å². The number of para-hydroxylation sites is 2. The van der Waals surface area contributed by atoms with Crippen LogP contribution in [0.1, 0.15) is 31.7 Å². The molecule has 1 aliphatic heterocycles. The van der Waals surface area contributed by atoms with Crippen molar-refractivity contribution in [2.75, 3.05) is 18.1 Å². The summed E-state index contributed by atoms with van der Waals surface area (Å²) in [5.41, 5.74) is 2.06. The molecule has 1 atom stereocenters. The second-order valence-electron chi connectivity index (χ2n) is 6.90. The van der Waals surface area contributed by atoms with Crippen LogP contribution in [0.3, 0.4) is 0 Å². The zero-order valence-corrected chi connectivity index (χ0v) is 15.7. The maximum absolute atomic E-state index is 12.2. The number of amides is 2. The van der Waals surface area contributed by atoms with Gasteiger partial charge in [0.15, 0.2) is 6.61 Å². The van der Waals surface area contributed by atoms with Gasteiger partial charge >= 0.3 is 0 Å². The summed E-state index contributed by atoms with van der Waals surface area (Å²) in [5, 5.41) is 3.05. The summed E-state index contributed by atoms with van der Waals surface area (Å²) < 4.78 is 5.44. The van der Waals surface area contributed by atoms with Crippen molar-refractivity contribution in [2.45, 2.75) is 38.6 Å². The van der Waals surface area contributed by atoms with E-state index in [9.17, 15) is 9.59 Å². The van der Waals surface area contributed by atoms with Crippen LogP contribution in [0.4, 0.5) is 5.69 Å². The van der Waals surface area contributed by atoms with E-state index >= 15 is 0 Å². The van der Waals surface area contributed by atoms with Gasteiger partial charge in [-0.3, -0.25) is 9.59 Å². The Balaban J connectivity index is 1.41. The van der Waals surface area contributed by atoms with E-state index in [0.29, 0.717) is 19.4 Å². The first-order valence-electron chi connectivity index (χ1n) is 9.49. The Bertz CT molecular complexity index is 776. The summed E-state index contributed by atoms with van der Waals surface area (Å²) in [4.78, 5) is 26.0. The number of nitrogens with zero attached hydrogens (tertiary/aromatic N) is 1. The van der Waals surface area contributed by atoms with Crippen molar-refractivity contribution in [3.63, 3.8) is 0 Å². The topological polar surface area (TPSA) is 58.6 Å². The third kappa shape index (κ3) is 5.33. The molecular formula is C22H26N2O3.